The molecule has 1 saturated heterocycles. The maximum Gasteiger partial charge on any atom is 0.497 e. The second-order valence-electron chi connectivity index (χ2n) is 6.77. The standard InChI is InChI=1S/C17H25BFNO3/c1-7-20(8-2)15(21)12-10-9-11-13(14(12)19)18-22-16(3,4)17(5,6)23-18/h9-11H,7-8H2,1-6H3. The fourth-order valence-corrected chi connectivity index (χ4v) is 2.55. The number of carbonyl (C=O) groups excluding carboxylic acids is 1. The fraction of sp³-hybridized carbons (Fsp3) is 0.588. The van der Waals surface area contributed by atoms with Crippen molar-refractivity contribution < 1.29 is 18.5 Å². The zero-order valence-electron chi connectivity index (χ0n) is 14.8. The third kappa shape index (κ3) is 3.15. The molecule has 2 rings (SSSR count). The first kappa shape index (κ1) is 18.0. The Hall–Kier alpha value is -1.40. The predicted octanol–water partition coefficient (Wildman–Crippen LogP) is 2.61. The van der Waals surface area contributed by atoms with Gasteiger partial charge in [0.2, 0.25) is 0 Å². The first-order chi connectivity index (χ1) is 10.6. The number of amides is 1. The Balaban J connectivity index is 2.37. The van der Waals surface area contributed by atoms with Gasteiger partial charge >= 0.3 is 7.12 Å². The van der Waals surface area contributed by atoms with Gasteiger partial charge in [-0.05, 0) is 47.6 Å². The van der Waals surface area contributed by atoms with E-state index >= 15 is 0 Å². The van der Waals surface area contributed by atoms with Crippen LogP contribution in [0.15, 0.2) is 18.2 Å². The number of hydrogen-bond donors (Lipinski definition) is 0. The number of benzene rings is 1. The number of carbonyl (C=O) groups is 1. The minimum Gasteiger partial charge on any atom is -0.399 e. The lowest BCUT2D eigenvalue weighted by atomic mass is 9.77. The summed E-state index contributed by atoms with van der Waals surface area (Å²) in [6.45, 7) is 12.5. The van der Waals surface area contributed by atoms with Crippen molar-refractivity contribution in [3.63, 3.8) is 0 Å². The summed E-state index contributed by atoms with van der Waals surface area (Å²) >= 11 is 0. The van der Waals surface area contributed by atoms with Gasteiger partial charge in [-0.15, -0.1) is 0 Å². The molecule has 1 fully saturated rings. The van der Waals surface area contributed by atoms with Gasteiger partial charge in [-0.2, -0.15) is 0 Å². The minimum absolute atomic E-state index is 0.0564. The van der Waals surface area contributed by atoms with Crippen LogP contribution in [-0.4, -0.2) is 42.2 Å². The van der Waals surface area contributed by atoms with E-state index in [-0.39, 0.29) is 16.9 Å². The van der Waals surface area contributed by atoms with Crippen LogP contribution >= 0.6 is 0 Å². The zero-order chi connectivity index (χ0) is 17.4. The van der Waals surface area contributed by atoms with Crippen LogP contribution in [0.3, 0.4) is 0 Å². The van der Waals surface area contributed by atoms with Gasteiger partial charge in [0.15, 0.2) is 0 Å². The van der Waals surface area contributed by atoms with Gasteiger partial charge in [-0.25, -0.2) is 4.39 Å². The molecule has 4 nitrogen and oxygen atoms in total. The Morgan fingerprint density at radius 1 is 1.13 bits per heavy atom. The summed E-state index contributed by atoms with van der Waals surface area (Å²) in [4.78, 5) is 14.0. The van der Waals surface area contributed by atoms with E-state index in [2.05, 4.69) is 0 Å². The van der Waals surface area contributed by atoms with Crippen LogP contribution in [0.25, 0.3) is 0 Å². The molecular formula is C17H25BFNO3. The average Bonchev–Trinajstić information content (AvgIpc) is 2.68. The van der Waals surface area contributed by atoms with Gasteiger partial charge in [0, 0.05) is 18.6 Å². The number of nitrogens with zero attached hydrogens (tertiary/aromatic N) is 1. The third-order valence-electron chi connectivity index (χ3n) is 4.82. The third-order valence-corrected chi connectivity index (χ3v) is 4.82. The molecule has 0 N–H and O–H groups in total. The molecule has 23 heavy (non-hydrogen) atoms. The van der Waals surface area contributed by atoms with Crippen LogP contribution in [0.2, 0.25) is 0 Å². The maximum absolute atomic E-state index is 14.9. The highest BCUT2D eigenvalue weighted by Crippen LogP contribution is 2.36. The molecule has 1 heterocycles. The lowest BCUT2D eigenvalue weighted by Crippen LogP contribution is -2.41. The first-order valence-corrected chi connectivity index (χ1v) is 8.08. The van der Waals surface area contributed by atoms with E-state index in [4.69, 9.17) is 9.31 Å². The summed E-state index contributed by atoms with van der Waals surface area (Å²) in [7, 11) is -0.815. The minimum atomic E-state index is -0.815. The molecule has 0 bridgehead atoms. The predicted molar refractivity (Wildman–Crippen MR) is 89.4 cm³/mol. The van der Waals surface area contributed by atoms with Gasteiger partial charge < -0.3 is 14.2 Å². The van der Waals surface area contributed by atoms with E-state index < -0.39 is 24.1 Å². The second-order valence-corrected chi connectivity index (χ2v) is 6.77. The van der Waals surface area contributed by atoms with Gasteiger partial charge in [0.1, 0.15) is 5.82 Å². The van der Waals surface area contributed by atoms with Gasteiger partial charge in [-0.1, -0.05) is 12.1 Å². The normalized spacial score (nSPS) is 19.0. The Bertz CT molecular complexity index is 584. The molecule has 1 aromatic rings. The number of rotatable bonds is 4. The lowest BCUT2D eigenvalue weighted by molar-refractivity contribution is 0.00578. The molecule has 1 amide bonds. The van der Waals surface area contributed by atoms with Crippen LogP contribution in [0.5, 0.6) is 0 Å². The van der Waals surface area contributed by atoms with E-state index in [9.17, 15) is 9.18 Å². The molecule has 0 aliphatic carbocycles. The van der Waals surface area contributed by atoms with Crippen molar-refractivity contribution in [3.8, 4) is 0 Å². The molecule has 0 saturated carbocycles. The Kier molecular flexibility index (Phi) is 4.88. The highest BCUT2D eigenvalue weighted by Gasteiger charge is 2.52. The number of halogens is 1. The summed E-state index contributed by atoms with van der Waals surface area (Å²) in [6.07, 6.45) is 0. The molecule has 1 aromatic carbocycles. The van der Waals surface area contributed by atoms with Crippen molar-refractivity contribution in [2.45, 2.75) is 52.7 Å². The molecular weight excluding hydrogens is 296 g/mol. The van der Waals surface area contributed by atoms with Gasteiger partial charge in [-0.3, -0.25) is 4.79 Å². The summed E-state index contributed by atoms with van der Waals surface area (Å²) in [6, 6.07) is 4.78. The monoisotopic (exact) mass is 321 g/mol. The van der Waals surface area contributed by atoms with E-state index in [1.807, 2.05) is 41.5 Å². The smallest absolute Gasteiger partial charge is 0.399 e. The summed E-state index contributed by atoms with van der Waals surface area (Å²) in [5, 5.41) is 0. The van der Waals surface area contributed by atoms with Crippen LogP contribution < -0.4 is 5.46 Å². The quantitative estimate of drug-likeness (QED) is 0.800. The zero-order valence-corrected chi connectivity index (χ0v) is 14.8. The van der Waals surface area contributed by atoms with Crippen LogP contribution in [0.1, 0.15) is 51.9 Å². The summed E-state index contributed by atoms with van der Waals surface area (Å²) < 4.78 is 26.7. The SMILES string of the molecule is CCN(CC)C(=O)c1cccc(B2OC(C)(C)C(C)(C)O2)c1F. The molecule has 0 aromatic heterocycles. The summed E-state index contributed by atoms with van der Waals surface area (Å²) in [5.41, 5.74) is -0.783. The Morgan fingerprint density at radius 3 is 2.13 bits per heavy atom. The molecule has 1 aliphatic rings. The molecule has 0 atom stereocenters. The molecule has 1 aliphatic heterocycles. The van der Waals surface area contributed by atoms with E-state index in [1.165, 1.54) is 6.07 Å². The Morgan fingerprint density at radius 2 is 1.65 bits per heavy atom. The molecule has 0 spiro atoms. The topological polar surface area (TPSA) is 38.8 Å². The molecule has 6 heteroatoms. The van der Waals surface area contributed by atoms with Crippen molar-refractivity contribution >= 4 is 18.5 Å². The Labute approximate surface area is 138 Å². The van der Waals surface area contributed by atoms with Crippen LogP contribution in [-0.2, 0) is 9.31 Å². The van der Waals surface area contributed by atoms with Crippen LogP contribution in [0, 0.1) is 5.82 Å². The second kappa shape index (κ2) is 6.25. The van der Waals surface area contributed by atoms with Crippen molar-refractivity contribution in [3.05, 3.63) is 29.6 Å². The van der Waals surface area contributed by atoms with E-state index in [0.29, 0.717) is 13.1 Å². The van der Waals surface area contributed by atoms with E-state index in [0.717, 1.165) is 0 Å². The molecule has 0 radical (unpaired) electrons. The molecule has 126 valence electrons. The van der Waals surface area contributed by atoms with E-state index in [1.54, 1.807) is 17.0 Å². The van der Waals surface area contributed by atoms with Crippen LogP contribution in [0.4, 0.5) is 4.39 Å². The maximum atomic E-state index is 14.9. The van der Waals surface area contributed by atoms with Gasteiger partial charge in [0.05, 0.1) is 16.8 Å². The van der Waals surface area contributed by atoms with Gasteiger partial charge in [0.25, 0.3) is 5.91 Å². The van der Waals surface area contributed by atoms with Crippen molar-refractivity contribution in [1.82, 2.24) is 4.90 Å². The average molecular weight is 321 g/mol. The van der Waals surface area contributed by atoms with Crippen molar-refractivity contribution in [1.29, 1.82) is 0 Å². The highest BCUT2D eigenvalue weighted by atomic mass is 19.1. The van der Waals surface area contributed by atoms with Crippen molar-refractivity contribution in [2.24, 2.45) is 0 Å². The lowest BCUT2D eigenvalue weighted by Gasteiger charge is -2.32. The number of hydrogen-bond acceptors (Lipinski definition) is 3. The summed E-state index contributed by atoms with van der Waals surface area (Å²) in [5.74, 6) is -0.881. The fourth-order valence-electron chi connectivity index (χ4n) is 2.55. The first-order valence-electron chi connectivity index (χ1n) is 8.08. The highest BCUT2D eigenvalue weighted by molar-refractivity contribution is 6.62. The molecule has 0 unspecified atom stereocenters. The van der Waals surface area contributed by atoms with Crippen molar-refractivity contribution in [2.75, 3.05) is 13.1 Å². The largest absolute Gasteiger partial charge is 0.497 e.